The van der Waals surface area contributed by atoms with Crippen LogP contribution in [0, 0.1) is 22.5 Å². The Labute approximate surface area is 195 Å². The molecule has 0 bridgehead atoms. The van der Waals surface area contributed by atoms with Crippen molar-refractivity contribution in [3.05, 3.63) is 63.7 Å². The largest absolute Gasteiger partial charge is 0.365 e. The minimum Gasteiger partial charge on any atom is -0.365 e. The Morgan fingerprint density at radius 3 is 2.41 bits per heavy atom. The number of benzene rings is 2. The van der Waals surface area contributed by atoms with Crippen LogP contribution < -0.4 is 15.1 Å². The van der Waals surface area contributed by atoms with Gasteiger partial charge in [-0.1, -0.05) is 17.7 Å². The Bertz CT molecular complexity index is 1160. The topological polar surface area (TPSA) is 131 Å². The van der Waals surface area contributed by atoms with E-state index in [-0.39, 0.29) is 25.2 Å². The number of barbiturate groups is 1. The maximum Gasteiger partial charge on any atom is 0.335 e. The van der Waals surface area contributed by atoms with Gasteiger partial charge in [0, 0.05) is 38.6 Å². The fourth-order valence-corrected chi connectivity index (χ4v) is 4.42. The zero-order valence-corrected chi connectivity index (χ0v) is 18.9. The van der Waals surface area contributed by atoms with Crippen LogP contribution in [0.4, 0.5) is 21.9 Å². The van der Waals surface area contributed by atoms with Gasteiger partial charge in [-0.3, -0.25) is 25.0 Å². The molecule has 1 N–H and O–H groups in total. The number of aryl methyl sites for hydroxylation is 1. The van der Waals surface area contributed by atoms with Crippen molar-refractivity contribution in [3.8, 4) is 0 Å². The number of ether oxygens (including phenoxy) is 2. The van der Waals surface area contributed by atoms with E-state index < -0.39 is 34.5 Å². The first-order valence-corrected chi connectivity index (χ1v) is 10.5. The quantitative estimate of drug-likeness (QED) is 0.295. The van der Waals surface area contributed by atoms with Gasteiger partial charge >= 0.3 is 6.03 Å². The van der Waals surface area contributed by atoms with Crippen molar-refractivity contribution >= 4 is 34.9 Å². The number of anilines is 2. The summed E-state index contributed by atoms with van der Waals surface area (Å²) in [5.74, 6) is -1.45. The molecule has 1 fully saturated rings. The number of rotatable bonds is 6. The first-order valence-electron chi connectivity index (χ1n) is 10.5. The third-order valence-electron chi connectivity index (χ3n) is 6.23. The molecule has 4 amide bonds. The number of carbonyl (C=O) groups is 3. The van der Waals surface area contributed by atoms with Gasteiger partial charge in [0.25, 0.3) is 11.6 Å². The summed E-state index contributed by atoms with van der Waals surface area (Å²) in [6.45, 7) is 1.96. The fraction of sp³-hybridized carbons (Fsp3) is 0.348. The van der Waals surface area contributed by atoms with Crippen molar-refractivity contribution in [1.29, 1.82) is 0 Å². The van der Waals surface area contributed by atoms with E-state index >= 15 is 0 Å². The monoisotopic (exact) mass is 468 g/mol. The number of methoxy groups -OCH3 is 2. The smallest absolute Gasteiger partial charge is 0.335 e. The Morgan fingerprint density at radius 1 is 1.12 bits per heavy atom. The zero-order chi connectivity index (χ0) is 24.6. The number of non-ortho nitro benzene ring substituents is 1. The fourth-order valence-electron chi connectivity index (χ4n) is 4.42. The van der Waals surface area contributed by atoms with Crippen molar-refractivity contribution in [2.45, 2.75) is 19.6 Å². The van der Waals surface area contributed by atoms with Gasteiger partial charge in [0.05, 0.1) is 17.2 Å². The van der Waals surface area contributed by atoms with Crippen molar-refractivity contribution in [2.24, 2.45) is 5.41 Å². The number of nitro groups is 1. The van der Waals surface area contributed by atoms with E-state index in [1.54, 1.807) is 35.2 Å². The highest BCUT2D eigenvalue weighted by molar-refractivity contribution is 6.30. The average Bonchev–Trinajstić information content (AvgIpc) is 2.82. The molecule has 1 atom stereocenters. The minimum absolute atomic E-state index is 0.0681. The summed E-state index contributed by atoms with van der Waals surface area (Å²) in [6, 6.07) is 10.2. The second-order valence-corrected chi connectivity index (χ2v) is 8.35. The lowest BCUT2D eigenvalue weighted by Crippen LogP contribution is -2.69. The molecule has 0 unspecified atom stereocenters. The van der Waals surface area contributed by atoms with Crippen LogP contribution >= 0.6 is 0 Å². The molecule has 11 nitrogen and oxygen atoms in total. The van der Waals surface area contributed by atoms with Crippen LogP contribution in [0.25, 0.3) is 0 Å². The van der Waals surface area contributed by atoms with Gasteiger partial charge in [0.2, 0.25) is 5.91 Å². The van der Waals surface area contributed by atoms with Gasteiger partial charge in [-0.2, -0.15) is 0 Å². The predicted molar refractivity (Wildman–Crippen MR) is 121 cm³/mol. The van der Waals surface area contributed by atoms with Crippen LogP contribution in [0.15, 0.2) is 42.5 Å². The van der Waals surface area contributed by atoms with E-state index in [9.17, 15) is 24.5 Å². The van der Waals surface area contributed by atoms with E-state index in [4.69, 9.17) is 9.47 Å². The van der Waals surface area contributed by atoms with Crippen molar-refractivity contribution in [1.82, 2.24) is 5.32 Å². The van der Waals surface area contributed by atoms with Crippen molar-refractivity contribution < 1.29 is 28.8 Å². The van der Waals surface area contributed by atoms with Gasteiger partial charge in [-0.05, 0) is 37.1 Å². The number of hydrogen-bond donors (Lipinski definition) is 1. The lowest BCUT2D eigenvalue weighted by Gasteiger charge is -2.46. The van der Waals surface area contributed by atoms with E-state index in [2.05, 4.69) is 5.32 Å². The molecule has 2 heterocycles. The highest BCUT2D eigenvalue weighted by Crippen LogP contribution is 2.42. The molecule has 178 valence electrons. The first-order chi connectivity index (χ1) is 16.2. The van der Waals surface area contributed by atoms with Crippen molar-refractivity contribution in [3.63, 3.8) is 0 Å². The number of fused-ring (bicyclic) bond motifs is 1. The number of carbonyl (C=O) groups excluding carboxylic acids is 3. The summed E-state index contributed by atoms with van der Waals surface area (Å²) in [5, 5.41) is 13.7. The van der Waals surface area contributed by atoms with Gasteiger partial charge in [-0.25, -0.2) is 9.69 Å². The summed E-state index contributed by atoms with van der Waals surface area (Å²) in [4.78, 5) is 53.3. The molecular weight excluding hydrogens is 444 g/mol. The molecule has 1 spiro atoms. The van der Waals surface area contributed by atoms with Crippen LogP contribution in [0.1, 0.15) is 11.1 Å². The van der Waals surface area contributed by atoms with Gasteiger partial charge in [0.1, 0.15) is 0 Å². The molecule has 0 aliphatic carbocycles. The summed E-state index contributed by atoms with van der Waals surface area (Å²) in [6.07, 6.45) is -0.791. The molecule has 11 heteroatoms. The Hall–Kier alpha value is -3.83. The Balaban J connectivity index is 1.81. The van der Waals surface area contributed by atoms with Crippen LogP contribution in [0.3, 0.4) is 0 Å². The van der Waals surface area contributed by atoms with Gasteiger partial charge < -0.3 is 14.4 Å². The summed E-state index contributed by atoms with van der Waals surface area (Å²) < 4.78 is 10.6. The lowest BCUT2D eigenvalue weighted by molar-refractivity contribution is -0.384. The maximum absolute atomic E-state index is 13.8. The Kier molecular flexibility index (Phi) is 6.07. The highest BCUT2D eigenvalue weighted by atomic mass is 16.7. The molecular formula is C23H24N4O7. The number of amides is 4. The van der Waals surface area contributed by atoms with Crippen LogP contribution in [0.2, 0.25) is 0 Å². The van der Waals surface area contributed by atoms with E-state index in [1.807, 2.05) is 6.92 Å². The van der Waals surface area contributed by atoms with Gasteiger partial charge in [0.15, 0.2) is 11.7 Å². The van der Waals surface area contributed by atoms with Crippen LogP contribution in [0.5, 0.6) is 0 Å². The molecule has 2 aromatic carbocycles. The standard InChI is InChI=1S/C23H24N4O7/c1-14-4-6-16(7-5-14)26-21(29)23(20(28)24-22(26)30)11-15-10-17(27(31)32)8-9-18(15)25(13-23)12-19(33-2)34-3/h4-10,19H,11-13H2,1-3H3,(H,24,28,30)/t23-/m0/s1. The minimum atomic E-state index is -1.69. The summed E-state index contributed by atoms with van der Waals surface area (Å²) >= 11 is 0. The lowest BCUT2D eigenvalue weighted by atomic mass is 9.74. The molecule has 2 aliphatic rings. The number of urea groups is 1. The summed E-state index contributed by atoms with van der Waals surface area (Å²) in [5.41, 5.74) is 0.467. The van der Waals surface area contributed by atoms with Crippen molar-refractivity contribution in [2.75, 3.05) is 37.1 Å². The maximum atomic E-state index is 13.8. The Morgan fingerprint density at radius 2 is 1.79 bits per heavy atom. The third kappa shape index (κ3) is 3.88. The van der Waals surface area contributed by atoms with E-state index in [0.717, 1.165) is 10.5 Å². The molecule has 0 aromatic heterocycles. The number of hydrogen-bond acceptors (Lipinski definition) is 8. The average molecular weight is 468 g/mol. The molecule has 4 rings (SSSR count). The molecule has 0 saturated carbocycles. The summed E-state index contributed by atoms with van der Waals surface area (Å²) in [7, 11) is 2.92. The molecule has 2 aliphatic heterocycles. The number of imide groups is 2. The number of nitro benzene ring substituents is 1. The van der Waals surface area contributed by atoms with Crippen LogP contribution in [-0.2, 0) is 25.5 Å². The molecule has 1 saturated heterocycles. The first kappa shape index (κ1) is 23.3. The normalized spacial score (nSPS) is 20.1. The number of nitrogens with zero attached hydrogens (tertiary/aromatic N) is 3. The number of nitrogens with one attached hydrogen (secondary N) is 1. The molecule has 0 radical (unpaired) electrons. The molecule has 2 aromatic rings. The third-order valence-corrected chi connectivity index (χ3v) is 6.23. The van der Waals surface area contributed by atoms with E-state index in [1.165, 1.54) is 26.4 Å². The highest BCUT2D eigenvalue weighted by Gasteiger charge is 2.57. The van der Waals surface area contributed by atoms with E-state index in [0.29, 0.717) is 16.9 Å². The molecule has 34 heavy (non-hydrogen) atoms. The zero-order valence-electron chi connectivity index (χ0n) is 18.9. The second-order valence-electron chi connectivity index (χ2n) is 8.35. The van der Waals surface area contributed by atoms with Gasteiger partial charge in [-0.15, -0.1) is 0 Å². The predicted octanol–water partition coefficient (Wildman–Crippen LogP) is 2.15. The van der Waals surface area contributed by atoms with Crippen LogP contribution in [-0.4, -0.2) is 56.4 Å². The second kappa shape index (κ2) is 8.84. The SMILES string of the molecule is COC(CN1C[C@@]2(Cc3cc([N+](=O)[O-])ccc31)C(=O)NC(=O)N(c1ccc(C)cc1)C2=O)OC.